The summed E-state index contributed by atoms with van der Waals surface area (Å²) in [5.74, 6) is 0.0991. The van der Waals surface area contributed by atoms with E-state index in [1.165, 1.54) is 12.1 Å². The summed E-state index contributed by atoms with van der Waals surface area (Å²) < 4.78 is 24.8. The van der Waals surface area contributed by atoms with Gasteiger partial charge in [0.05, 0.1) is 22.4 Å². The maximum atomic E-state index is 13.0. The van der Waals surface area contributed by atoms with Gasteiger partial charge in [-0.05, 0) is 41.8 Å². The van der Waals surface area contributed by atoms with Gasteiger partial charge in [-0.2, -0.15) is 0 Å². The third-order valence-electron chi connectivity index (χ3n) is 2.77. The molecule has 0 aromatic heterocycles. The summed E-state index contributed by atoms with van der Waals surface area (Å²) >= 11 is 3.23. The predicted octanol–water partition coefficient (Wildman–Crippen LogP) is 3.12. The molecule has 1 heterocycles. The van der Waals surface area contributed by atoms with Gasteiger partial charge >= 0.3 is 0 Å². The van der Waals surface area contributed by atoms with Crippen LogP contribution in [0.2, 0.25) is 0 Å². The first-order valence-electron chi connectivity index (χ1n) is 5.59. The number of hydrogen-bond donors (Lipinski definition) is 1. The average Bonchev–Trinajstić information content (AvgIpc) is 2.62. The van der Waals surface area contributed by atoms with Crippen LogP contribution in [0, 0.1) is 5.82 Å². The number of hydrogen-bond acceptors (Lipinski definition) is 3. The van der Waals surface area contributed by atoms with E-state index in [9.17, 15) is 4.39 Å². The zero-order valence-corrected chi connectivity index (χ0v) is 11.2. The minimum absolute atomic E-state index is 0.0985. The third-order valence-corrected chi connectivity index (χ3v) is 3.36. The minimum Gasteiger partial charge on any atom is -0.488 e. The Bertz CT molecular complexity index is 390. The van der Waals surface area contributed by atoms with Crippen LogP contribution in [0.5, 0.6) is 5.75 Å². The fourth-order valence-electron chi connectivity index (χ4n) is 1.92. The summed E-state index contributed by atoms with van der Waals surface area (Å²) in [5, 5.41) is 0. The molecule has 94 valence electrons. The molecule has 1 aliphatic heterocycles. The summed E-state index contributed by atoms with van der Waals surface area (Å²) in [6, 6.07) is 2.59. The van der Waals surface area contributed by atoms with Crippen LogP contribution in [0.25, 0.3) is 0 Å². The Kier molecular flexibility index (Phi) is 3.89. The lowest BCUT2D eigenvalue weighted by Crippen LogP contribution is -2.18. The molecule has 0 amide bonds. The molecule has 17 heavy (non-hydrogen) atoms. The van der Waals surface area contributed by atoms with Crippen LogP contribution in [0.3, 0.4) is 0 Å². The zero-order valence-electron chi connectivity index (χ0n) is 9.58. The second-order valence-corrected chi connectivity index (χ2v) is 5.12. The molecule has 3 nitrogen and oxygen atoms in total. The quantitative estimate of drug-likeness (QED) is 0.873. The minimum atomic E-state index is -0.382. The number of rotatable bonds is 3. The van der Waals surface area contributed by atoms with E-state index in [1.807, 2.05) is 6.92 Å². The van der Waals surface area contributed by atoms with E-state index in [0.29, 0.717) is 22.5 Å². The number of nitrogen functional groups attached to an aromatic ring is 1. The van der Waals surface area contributed by atoms with Crippen molar-refractivity contribution in [2.45, 2.75) is 32.0 Å². The van der Waals surface area contributed by atoms with Crippen molar-refractivity contribution in [1.82, 2.24) is 0 Å². The molecular weight excluding hydrogens is 289 g/mol. The highest BCUT2D eigenvalue weighted by atomic mass is 79.9. The van der Waals surface area contributed by atoms with Gasteiger partial charge in [-0.3, -0.25) is 0 Å². The number of halogens is 2. The van der Waals surface area contributed by atoms with Crippen molar-refractivity contribution in [3.63, 3.8) is 0 Å². The Hall–Kier alpha value is -0.810. The van der Waals surface area contributed by atoms with E-state index in [2.05, 4.69) is 15.9 Å². The normalized spacial score (nSPS) is 23.9. The molecule has 1 saturated heterocycles. The van der Waals surface area contributed by atoms with Crippen molar-refractivity contribution in [3.05, 3.63) is 22.4 Å². The Labute approximate surface area is 108 Å². The summed E-state index contributed by atoms with van der Waals surface area (Å²) in [6.07, 6.45) is 2.42. The van der Waals surface area contributed by atoms with Gasteiger partial charge in [0.15, 0.2) is 5.75 Å². The standard InChI is InChI=1S/C12H15BrFNO2/c1-7-2-3-9(17-7)6-16-12-10(13)4-8(14)5-11(12)15/h4-5,7,9H,2-3,6,15H2,1H3. The third kappa shape index (κ3) is 3.10. The fourth-order valence-corrected chi connectivity index (χ4v) is 2.48. The van der Waals surface area contributed by atoms with Crippen LogP contribution in [0.4, 0.5) is 10.1 Å². The molecule has 0 saturated carbocycles. The first-order valence-corrected chi connectivity index (χ1v) is 6.38. The van der Waals surface area contributed by atoms with E-state index in [-0.39, 0.29) is 18.0 Å². The molecule has 1 aliphatic rings. The van der Waals surface area contributed by atoms with Crippen molar-refractivity contribution < 1.29 is 13.9 Å². The van der Waals surface area contributed by atoms with Crippen molar-refractivity contribution in [1.29, 1.82) is 0 Å². The highest BCUT2D eigenvalue weighted by Crippen LogP contribution is 2.33. The van der Waals surface area contributed by atoms with Gasteiger partial charge in [0.1, 0.15) is 12.4 Å². The van der Waals surface area contributed by atoms with Gasteiger partial charge in [-0.1, -0.05) is 0 Å². The molecule has 5 heteroatoms. The van der Waals surface area contributed by atoms with Gasteiger partial charge in [0.25, 0.3) is 0 Å². The van der Waals surface area contributed by atoms with Crippen molar-refractivity contribution >= 4 is 21.6 Å². The lowest BCUT2D eigenvalue weighted by Gasteiger charge is -2.15. The maximum absolute atomic E-state index is 13.0. The summed E-state index contributed by atoms with van der Waals surface area (Å²) in [6.45, 7) is 2.49. The van der Waals surface area contributed by atoms with Gasteiger partial charge in [0, 0.05) is 6.07 Å². The Balaban J connectivity index is 1.99. The van der Waals surface area contributed by atoms with Crippen molar-refractivity contribution in [3.8, 4) is 5.75 Å². The molecule has 1 aromatic carbocycles. The molecule has 0 bridgehead atoms. The molecule has 1 fully saturated rings. The van der Waals surface area contributed by atoms with E-state index >= 15 is 0 Å². The molecular formula is C12H15BrFNO2. The highest BCUT2D eigenvalue weighted by Gasteiger charge is 2.22. The Morgan fingerprint density at radius 1 is 1.53 bits per heavy atom. The smallest absolute Gasteiger partial charge is 0.156 e. The molecule has 2 rings (SSSR count). The molecule has 1 aromatic rings. The van der Waals surface area contributed by atoms with Crippen LogP contribution in [-0.4, -0.2) is 18.8 Å². The maximum Gasteiger partial charge on any atom is 0.156 e. The molecule has 0 spiro atoms. The van der Waals surface area contributed by atoms with Crippen LogP contribution in [-0.2, 0) is 4.74 Å². The van der Waals surface area contributed by atoms with Crippen molar-refractivity contribution in [2.24, 2.45) is 0 Å². The number of nitrogens with two attached hydrogens (primary N) is 1. The molecule has 2 atom stereocenters. The van der Waals surface area contributed by atoms with Crippen LogP contribution in [0.15, 0.2) is 16.6 Å². The average molecular weight is 304 g/mol. The number of anilines is 1. The zero-order chi connectivity index (χ0) is 12.4. The van der Waals surface area contributed by atoms with Crippen LogP contribution >= 0.6 is 15.9 Å². The van der Waals surface area contributed by atoms with Gasteiger partial charge in [-0.15, -0.1) is 0 Å². The van der Waals surface area contributed by atoms with E-state index in [4.69, 9.17) is 15.2 Å². The predicted molar refractivity (Wildman–Crippen MR) is 67.6 cm³/mol. The number of ether oxygens (including phenoxy) is 2. The fraction of sp³-hybridized carbons (Fsp3) is 0.500. The molecule has 2 N–H and O–H groups in total. The first-order chi connectivity index (χ1) is 8.06. The lowest BCUT2D eigenvalue weighted by molar-refractivity contribution is 0.0264. The van der Waals surface area contributed by atoms with E-state index < -0.39 is 0 Å². The molecule has 0 radical (unpaired) electrons. The molecule has 2 unspecified atom stereocenters. The molecule has 0 aliphatic carbocycles. The van der Waals surface area contributed by atoms with Gasteiger partial charge in [-0.25, -0.2) is 4.39 Å². The second-order valence-electron chi connectivity index (χ2n) is 4.26. The number of benzene rings is 1. The van der Waals surface area contributed by atoms with Crippen molar-refractivity contribution in [2.75, 3.05) is 12.3 Å². The van der Waals surface area contributed by atoms with E-state index in [0.717, 1.165) is 12.8 Å². The Morgan fingerprint density at radius 2 is 2.29 bits per heavy atom. The highest BCUT2D eigenvalue weighted by molar-refractivity contribution is 9.10. The topological polar surface area (TPSA) is 44.5 Å². The summed E-state index contributed by atoms with van der Waals surface area (Å²) in [5.41, 5.74) is 5.99. The van der Waals surface area contributed by atoms with E-state index in [1.54, 1.807) is 0 Å². The SMILES string of the molecule is CC1CCC(COc2c(N)cc(F)cc2Br)O1. The monoisotopic (exact) mass is 303 g/mol. The second kappa shape index (κ2) is 5.23. The summed E-state index contributed by atoms with van der Waals surface area (Å²) in [4.78, 5) is 0. The van der Waals surface area contributed by atoms with Gasteiger partial charge in [0.2, 0.25) is 0 Å². The van der Waals surface area contributed by atoms with Crippen LogP contribution < -0.4 is 10.5 Å². The Morgan fingerprint density at radius 3 is 2.88 bits per heavy atom. The van der Waals surface area contributed by atoms with Gasteiger partial charge < -0.3 is 15.2 Å². The lowest BCUT2D eigenvalue weighted by atomic mass is 10.2. The summed E-state index contributed by atoms with van der Waals surface area (Å²) in [7, 11) is 0. The largest absolute Gasteiger partial charge is 0.488 e. The van der Waals surface area contributed by atoms with Crippen LogP contribution in [0.1, 0.15) is 19.8 Å². The first kappa shape index (κ1) is 12.6.